The van der Waals surface area contributed by atoms with Crippen LogP contribution in [0.5, 0.6) is 0 Å². The van der Waals surface area contributed by atoms with E-state index in [1.165, 1.54) is 4.68 Å². The van der Waals surface area contributed by atoms with E-state index in [2.05, 4.69) is 15.6 Å². The molecule has 0 aliphatic heterocycles. The molecule has 0 aromatic carbocycles. The molecule has 1 heterocycles. The van der Waals surface area contributed by atoms with E-state index >= 15 is 0 Å². The van der Waals surface area contributed by atoms with Crippen molar-refractivity contribution in [3.8, 4) is 0 Å². The van der Waals surface area contributed by atoms with Gasteiger partial charge in [-0.1, -0.05) is 31.4 Å². The summed E-state index contributed by atoms with van der Waals surface area (Å²) in [6.45, 7) is 3.68. The zero-order valence-corrected chi connectivity index (χ0v) is 12.5. The van der Waals surface area contributed by atoms with Crippen LogP contribution >= 0.6 is 0 Å². The number of carbonyl (C=O) groups is 2. The number of amides is 1. The molecule has 2 rings (SSSR count). The molecule has 1 amide bonds. The van der Waals surface area contributed by atoms with Crippen molar-refractivity contribution in [3.05, 3.63) is 11.4 Å². The van der Waals surface area contributed by atoms with Gasteiger partial charge in [0.2, 0.25) is 5.91 Å². The molecule has 1 saturated carbocycles. The molecule has 1 atom stereocenters. The quantitative estimate of drug-likeness (QED) is 0.829. The number of nitrogens with one attached hydrogen (secondary N) is 1. The summed E-state index contributed by atoms with van der Waals surface area (Å²) in [5, 5.41) is 19.7. The van der Waals surface area contributed by atoms with Crippen LogP contribution in [-0.4, -0.2) is 38.0 Å². The van der Waals surface area contributed by atoms with Gasteiger partial charge in [0.1, 0.15) is 6.04 Å². The van der Waals surface area contributed by atoms with Crippen molar-refractivity contribution in [2.24, 2.45) is 0 Å². The third-order valence-corrected chi connectivity index (χ3v) is 3.93. The fraction of sp³-hybridized carbons (Fsp3) is 0.714. The average Bonchev–Trinajstić information content (AvgIpc) is 3.07. The lowest BCUT2D eigenvalue weighted by atomic mass is 10.1. The topological polar surface area (TPSA) is 97.1 Å². The van der Waals surface area contributed by atoms with Gasteiger partial charge in [-0.25, -0.2) is 9.48 Å². The van der Waals surface area contributed by atoms with Crippen LogP contribution in [0.3, 0.4) is 0 Å². The lowest BCUT2D eigenvalue weighted by Crippen LogP contribution is -2.38. The van der Waals surface area contributed by atoms with Crippen molar-refractivity contribution >= 4 is 11.9 Å². The molecule has 7 heteroatoms. The molecule has 1 aromatic heterocycles. The standard InChI is InChI=1S/C14H22N4O3/c1-3-6-11-12(14(20)21)16-17-18(11)9(2)13(19)15-10-7-4-5-8-10/h9-10H,3-8H2,1-2H3,(H,15,19)(H,20,21). The Morgan fingerprint density at radius 1 is 1.43 bits per heavy atom. The van der Waals surface area contributed by atoms with Crippen LogP contribution in [0.1, 0.15) is 68.2 Å². The van der Waals surface area contributed by atoms with Crippen LogP contribution < -0.4 is 5.32 Å². The van der Waals surface area contributed by atoms with Crippen molar-refractivity contribution in [2.75, 3.05) is 0 Å². The number of nitrogens with zero attached hydrogens (tertiary/aromatic N) is 3. The molecule has 1 unspecified atom stereocenters. The minimum atomic E-state index is -1.10. The van der Waals surface area contributed by atoms with Gasteiger partial charge in [0.25, 0.3) is 0 Å². The molecule has 1 aromatic rings. The molecule has 116 valence electrons. The van der Waals surface area contributed by atoms with E-state index in [1.807, 2.05) is 6.92 Å². The van der Waals surface area contributed by atoms with Gasteiger partial charge in [0.05, 0.1) is 5.69 Å². The van der Waals surface area contributed by atoms with Crippen molar-refractivity contribution in [1.82, 2.24) is 20.3 Å². The summed E-state index contributed by atoms with van der Waals surface area (Å²) in [6.07, 6.45) is 5.62. The zero-order valence-electron chi connectivity index (χ0n) is 12.5. The second-order valence-electron chi connectivity index (χ2n) is 5.55. The third-order valence-electron chi connectivity index (χ3n) is 3.93. The molecule has 0 saturated heterocycles. The molecular formula is C14H22N4O3. The number of carbonyl (C=O) groups excluding carboxylic acids is 1. The van der Waals surface area contributed by atoms with Gasteiger partial charge in [-0.3, -0.25) is 4.79 Å². The largest absolute Gasteiger partial charge is 0.476 e. The normalized spacial score (nSPS) is 16.9. The van der Waals surface area contributed by atoms with E-state index in [-0.39, 0.29) is 17.6 Å². The monoisotopic (exact) mass is 294 g/mol. The highest BCUT2D eigenvalue weighted by molar-refractivity contribution is 5.87. The van der Waals surface area contributed by atoms with Crippen LogP contribution in [0.15, 0.2) is 0 Å². The first-order chi connectivity index (χ1) is 10.0. The molecule has 1 aliphatic carbocycles. The van der Waals surface area contributed by atoms with Crippen molar-refractivity contribution in [2.45, 2.75) is 64.5 Å². The Balaban J connectivity index is 2.15. The maximum absolute atomic E-state index is 12.3. The Morgan fingerprint density at radius 3 is 2.67 bits per heavy atom. The first-order valence-electron chi connectivity index (χ1n) is 7.52. The van der Waals surface area contributed by atoms with Crippen molar-refractivity contribution in [3.63, 3.8) is 0 Å². The number of aromatic carboxylic acids is 1. The van der Waals surface area contributed by atoms with Crippen LogP contribution in [0.25, 0.3) is 0 Å². The average molecular weight is 294 g/mol. The summed E-state index contributed by atoms with van der Waals surface area (Å²) in [7, 11) is 0. The molecule has 1 fully saturated rings. The Morgan fingerprint density at radius 2 is 2.10 bits per heavy atom. The second-order valence-corrected chi connectivity index (χ2v) is 5.55. The maximum Gasteiger partial charge on any atom is 0.358 e. The molecule has 1 aliphatic rings. The van der Waals surface area contributed by atoms with Gasteiger partial charge in [0, 0.05) is 6.04 Å². The molecule has 7 nitrogen and oxygen atoms in total. The van der Waals surface area contributed by atoms with Gasteiger partial charge in [0.15, 0.2) is 5.69 Å². The lowest BCUT2D eigenvalue weighted by molar-refractivity contribution is -0.124. The molecule has 2 N–H and O–H groups in total. The Labute approximate surface area is 123 Å². The van der Waals surface area contributed by atoms with E-state index < -0.39 is 12.0 Å². The van der Waals surface area contributed by atoms with Crippen LogP contribution in [-0.2, 0) is 11.2 Å². The highest BCUT2D eigenvalue weighted by Gasteiger charge is 2.26. The maximum atomic E-state index is 12.3. The van der Waals surface area contributed by atoms with E-state index in [1.54, 1.807) is 6.92 Å². The fourth-order valence-corrected chi connectivity index (χ4v) is 2.76. The van der Waals surface area contributed by atoms with Crippen molar-refractivity contribution < 1.29 is 14.7 Å². The minimum absolute atomic E-state index is 0.0580. The third kappa shape index (κ3) is 3.40. The molecule has 0 spiro atoms. The predicted molar refractivity (Wildman–Crippen MR) is 76.1 cm³/mol. The number of carboxylic acids is 1. The SMILES string of the molecule is CCCc1c(C(=O)O)nnn1C(C)C(=O)NC1CCCC1. The fourth-order valence-electron chi connectivity index (χ4n) is 2.76. The first-order valence-corrected chi connectivity index (χ1v) is 7.52. The number of hydrogen-bond acceptors (Lipinski definition) is 4. The van der Waals surface area contributed by atoms with Crippen LogP contribution in [0, 0.1) is 0 Å². The zero-order chi connectivity index (χ0) is 15.4. The highest BCUT2D eigenvalue weighted by Crippen LogP contribution is 2.19. The summed E-state index contributed by atoms with van der Waals surface area (Å²) in [5.74, 6) is -1.23. The second kappa shape index (κ2) is 6.69. The Hall–Kier alpha value is -1.92. The van der Waals surface area contributed by atoms with Gasteiger partial charge >= 0.3 is 5.97 Å². The smallest absolute Gasteiger partial charge is 0.358 e. The minimum Gasteiger partial charge on any atom is -0.476 e. The van der Waals surface area contributed by atoms with Gasteiger partial charge in [-0.2, -0.15) is 0 Å². The van der Waals surface area contributed by atoms with Crippen LogP contribution in [0.2, 0.25) is 0 Å². The Bertz CT molecular complexity index is 520. The Kier molecular flexibility index (Phi) is 4.93. The molecule has 0 bridgehead atoms. The first kappa shape index (κ1) is 15.5. The van der Waals surface area contributed by atoms with Crippen LogP contribution in [0.4, 0.5) is 0 Å². The summed E-state index contributed by atoms with van der Waals surface area (Å²) in [5.41, 5.74) is 0.455. The number of hydrogen-bond donors (Lipinski definition) is 2. The predicted octanol–water partition coefficient (Wildman–Crippen LogP) is 1.55. The molecular weight excluding hydrogens is 272 g/mol. The lowest BCUT2D eigenvalue weighted by Gasteiger charge is -2.18. The number of rotatable bonds is 6. The van der Waals surface area contributed by atoms with E-state index in [9.17, 15) is 9.59 Å². The molecule has 0 radical (unpaired) electrons. The summed E-state index contributed by atoms with van der Waals surface area (Å²) in [4.78, 5) is 23.5. The van der Waals surface area contributed by atoms with Crippen molar-refractivity contribution in [1.29, 1.82) is 0 Å². The van der Waals surface area contributed by atoms with E-state index in [0.29, 0.717) is 12.1 Å². The number of carboxylic acid groups (broad SMARTS) is 1. The molecule has 21 heavy (non-hydrogen) atoms. The van der Waals surface area contributed by atoms with Gasteiger partial charge in [-0.05, 0) is 26.2 Å². The summed E-state index contributed by atoms with van der Waals surface area (Å²) < 4.78 is 1.44. The number of aromatic nitrogens is 3. The van der Waals surface area contributed by atoms with E-state index in [4.69, 9.17) is 5.11 Å². The highest BCUT2D eigenvalue weighted by atomic mass is 16.4. The van der Waals surface area contributed by atoms with Gasteiger partial charge < -0.3 is 10.4 Å². The van der Waals surface area contributed by atoms with Gasteiger partial charge in [-0.15, -0.1) is 5.10 Å². The van der Waals surface area contributed by atoms with E-state index in [0.717, 1.165) is 32.1 Å². The summed E-state index contributed by atoms with van der Waals surface area (Å²) in [6, 6.07) is -0.315. The summed E-state index contributed by atoms with van der Waals surface area (Å²) >= 11 is 0.